The van der Waals surface area contributed by atoms with Crippen molar-refractivity contribution in [3.63, 3.8) is 0 Å². The van der Waals surface area contributed by atoms with Crippen LogP contribution in [0.4, 0.5) is 5.69 Å². The van der Waals surface area contributed by atoms with E-state index in [0.29, 0.717) is 0 Å². The minimum atomic E-state index is -0.319. The number of para-hydroxylation sites is 1. The summed E-state index contributed by atoms with van der Waals surface area (Å²) >= 11 is 0. The lowest BCUT2D eigenvalue weighted by atomic mass is 9.91. The molecule has 3 heteroatoms. The number of rotatable bonds is 9. The molecule has 0 saturated carbocycles. The Morgan fingerprint density at radius 2 is 2.05 bits per heavy atom. The maximum Gasteiger partial charge on any atom is 0.273 e. The summed E-state index contributed by atoms with van der Waals surface area (Å²) in [5, 5.41) is 11.1. The highest BCUT2D eigenvalue weighted by Crippen LogP contribution is 2.32. The number of unbranched alkanes of at least 4 members (excludes halogenated alkanes) is 4. The molecule has 21 heavy (non-hydrogen) atoms. The van der Waals surface area contributed by atoms with E-state index in [-0.39, 0.29) is 16.5 Å². The Kier molecular flexibility index (Phi) is 7.44. The van der Waals surface area contributed by atoms with E-state index in [2.05, 4.69) is 25.7 Å². The van der Waals surface area contributed by atoms with Gasteiger partial charge in [0.15, 0.2) is 0 Å². The number of allylic oxidation sites excluding steroid dienone is 3. The van der Waals surface area contributed by atoms with Crippen molar-refractivity contribution in [2.45, 2.75) is 51.9 Å². The van der Waals surface area contributed by atoms with E-state index in [1.807, 2.05) is 19.1 Å². The SMILES string of the molecule is C=C(C)[C@H](/C=C/CCCCCC)c1ccccc1[N+](=O)[O-]. The fraction of sp³-hybridized carbons (Fsp3) is 0.444. The first-order chi connectivity index (χ1) is 10.1. The van der Waals surface area contributed by atoms with E-state index < -0.39 is 0 Å². The van der Waals surface area contributed by atoms with Crippen LogP contribution in [0, 0.1) is 10.1 Å². The molecule has 0 radical (unpaired) electrons. The summed E-state index contributed by atoms with van der Waals surface area (Å²) in [4.78, 5) is 10.8. The van der Waals surface area contributed by atoms with Crippen molar-refractivity contribution < 1.29 is 4.92 Å². The Hall–Kier alpha value is -1.90. The molecule has 1 aromatic rings. The summed E-state index contributed by atoms with van der Waals surface area (Å²) in [5.74, 6) is -0.0854. The summed E-state index contributed by atoms with van der Waals surface area (Å²) in [6, 6.07) is 6.91. The molecule has 0 unspecified atom stereocenters. The van der Waals surface area contributed by atoms with Gasteiger partial charge in [-0.05, 0) is 19.8 Å². The topological polar surface area (TPSA) is 43.1 Å². The molecule has 0 aliphatic rings. The molecule has 1 rings (SSSR count). The highest BCUT2D eigenvalue weighted by atomic mass is 16.6. The second-order valence-corrected chi connectivity index (χ2v) is 5.42. The monoisotopic (exact) mass is 287 g/mol. The van der Waals surface area contributed by atoms with Gasteiger partial charge in [0, 0.05) is 17.5 Å². The highest BCUT2D eigenvalue weighted by Gasteiger charge is 2.19. The highest BCUT2D eigenvalue weighted by molar-refractivity contribution is 5.47. The Morgan fingerprint density at radius 3 is 2.67 bits per heavy atom. The third-order valence-electron chi connectivity index (χ3n) is 3.55. The van der Waals surface area contributed by atoms with Crippen LogP contribution in [-0.2, 0) is 0 Å². The molecule has 0 bridgehead atoms. The van der Waals surface area contributed by atoms with Crippen LogP contribution < -0.4 is 0 Å². The van der Waals surface area contributed by atoms with Crippen molar-refractivity contribution >= 4 is 5.69 Å². The lowest BCUT2D eigenvalue weighted by Crippen LogP contribution is -2.01. The average Bonchev–Trinajstić information content (AvgIpc) is 2.46. The van der Waals surface area contributed by atoms with Crippen LogP contribution >= 0.6 is 0 Å². The summed E-state index contributed by atoms with van der Waals surface area (Å²) in [6.45, 7) is 8.10. The summed E-state index contributed by atoms with van der Waals surface area (Å²) < 4.78 is 0. The van der Waals surface area contributed by atoms with Crippen LogP contribution in [0.3, 0.4) is 0 Å². The normalized spacial score (nSPS) is 12.5. The lowest BCUT2D eigenvalue weighted by molar-refractivity contribution is -0.385. The molecule has 0 spiro atoms. The van der Waals surface area contributed by atoms with Gasteiger partial charge in [0.2, 0.25) is 0 Å². The number of benzene rings is 1. The molecule has 0 aliphatic carbocycles. The second-order valence-electron chi connectivity index (χ2n) is 5.42. The van der Waals surface area contributed by atoms with Gasteiger partial charge >= 0.3 is 0 Å². The van der Waals surface area contributed by atoms with Crippen molar-refractivity contribution in [1.82, 2.24) is 0 Å². The van der Waals surface area contributed by atoms with Crippen LogP contribution in [0.1, 0.15) is 57.4 Å². The zero-order valence-corrected chi connectivity index (χ0v) is 13.0. The van der Waals surface area contributed by atoms with Crippen LogP contribution in [0.2, 0.25) is 0 Å². The molecule has 1 aromatic carbocycles. The van der Waals surface area contributed by atoms with Crippen molar-refractivity contribution in [2.24, 2.45) is 0 Å². The maximum atomic E-state index is 11.1. The quantitative estimate of drug-likeness (QED) is 0.250. The van der Waals surface area contributed by atoms with Crippen LogP contribution in [-0.4, -0.2) is 4.92 Å². The van der Waals surface area contributed by atoms with E-state index in [1.54, 1.807) is 12.1 Å². The first-order valence-electron chi connectivity index (χ1n) is 7.63. The van der Waals surface area contributed by atoms with E-state index >= 15 is 0 Å². The molecule has 0 N–H and O–H groups in total. The Balaban J connectivity index is 2.81. The zero-order chi connectivity index (χ0) is 15.7. The van der Waals surface area contributed by atoms with Crippen molar-refractivity contribution in [1.29, 1.82) is 0 Å². The second kappa shape index (κ2) is 9.11. The van der Waals surface area contributed by atoms with E-state index in [9.17, 15) is 10.1 Å². The number of nitro benzene ring substituents is 1. The van der Waals surface area contributed by atoms with Gasteiger partial charge in [-0.3, -0.25) is 10.1 Å². The Bertz CT molecular complexity index is 506. The summed E-state index contributed by atoms with van der Waals surface area (Å²) in [5.41, 5.74) is 1.81. The number of hydrogen-bond donors (Lipinski definition) is 0. The Morgan fingerprint density at radius 1 is 1.33 bits per heavy atom. The summed E-state index contributed by atoms with van der Waals surface area (Å²) in [6.07, 6.45) is 10.1. The molecule has 0 aliphatic heterocycles. The summed E-state index contributed by atoms with van der Waals surface area (Å²) in [7, 11) is 0. The van der Waals surface area contributed by atoms with Gasteiger partial charge in [0.25, 0.3) is 5.69 Å². The number of nitrogens with zero attached hydrogens (tertiary/aromatic N) is 1. The van der Waals surface area contributed by atoms with Gasteiger partial charge in [-0.15, -0.1) is 0 Å². The minimum Gasteiger partial charge on any atom is -0.258 e. The molecular formula is C18H25NO2. The van der Waals surface area contributed by atoms with Crippen LogP contribution in [0.5, 0.6) is 0 Å². The van der Waals surface area contributed by atoms with Crippen LogP contribution in [0.15, 0.2) is 48.6 Å². The van der Waals surface area contributed by atoms with Crippen LogP contribution in [0.25, 0.3) is 0 Å². The number of nitro groups is 1. The van der Waals surface area contributed by atoms with Gasteiger partial charge in [-0.1, -0.05) is 68.7 Å². The largest absolute Gasteiger partial charge is 0.273 e. The lowest BCUT2D eigenvalue weighted by Gasteiger charge is -2.13. The average molecular weight is 287 g/mol. The predicted octanol–water partition coefficient (Wildman–Crippen LogP) is 5.78. The molecule has 0 heterocycles. The predicted molar refractivity (Wildman–Crippen MR) is 88.6 cm³/mol. The minimum absolute atomic E-state index is 0.0854. The molecule has 114 valence electrons. The molecule has 0 aromatic heterocycles. The van der Waals surface area contributed by atoms with Gasteiger partial charge in [-0.25, -0.2) is 0 Å². The fourth-order valence-electron chi connectivity index (χ4n) is 2.37. The smallest absolute Gasteiger partial charge is 0.258 e. The zero-order valence-electron chi connectivity index (χ0n) is 13.0. The molecule has 0 fully saturated rings. The van der Waals surface area contributed by atoms with Crippen molar-refractivity contribution in [3.8, 4) is 0 Å². The molecule has 3 nitrogen and oxygen atoms in total. The molecular weight excluding hydrogens is 262 g/mol. The first-order valence-corrected chi connectivity index (χ1v) is 7.63. The van der Waals surface area contributed by atoms with E-state index in [4.69, 9.17) is 0 Å². The standard InChI is InChI=1S/C18H25NO2/c1-4-5-6-7-8-9-12-16(15(2)3)17-13-10-11-14-18(17)19(20)21/h9-14,16H,2,4-8H2,1,3H3/b12-9+/t16-/m0/s1. The van der Waals surface area contributed by atoms with E-state index in [1.165, 1.54) is 25.7 Å². The third kappa shape index (κ3) is 5.54. The molecule has 0 saturated heterocycles. The van der Waals surface area contributed by atoms with Gasteiger partial charge in [0.05, 0.1) is 4.92 Å². The first kappa shape index (κ1) is 17.2. The molecule has 0 amide bonds. The van der Waals surface area contributed by atoms with Crippen molar-refractivity contribution in [3.05, 3.63) is 64.2 Å². The maximum absolute atomic E-state index is 11.1. The van der Waals surface area contributed by atoms with Gasteiger partial charge in [-0.2, -0.15) is 0 Å². The fourth-order valence-corrected chi connectivity index (χ4v) is 2.37. The molecule has 1 atom stereocenters. The van der Waals surface area contributed by atoms with Crippen molar-refractivity contribution in [2.75, 3.05) is 0 Å². The number of hydrogen-bond acceptors (Lipinski definition) is 2. The Labute approximate surface area is 127 Å². The van der Waals surface area contributed by atoms with Gasteiger partial charge < -0.3 is 0 Å². The van der Waals surface area contributed by atoms with E-state index in [0.717, 1.165) is 17.6 Å². The van der Waals surface area contributed by atoms with Gasteiger partial charge in [0.1, 0.15) is 0 Å². The third-order valence-corrected chi connectivity index (χ3v) is 3.55.